The number of nitrogens with one attached hydrogen (secondary N) is 1. The Hall–Kier alpha value is -2.81. The van der Waals surface area contributed by atoms with Gasteiger partial charge in [0.1, 0.15) is 10.5 Å². The highest BCUT2D eigenvalue weighted by Crippen LogP contribution is 2.45. The van der Waals surface area contributed by atoms with E-state index >= 15 is 0 Å². The Morgan fingerprint density at radius 1 is 1.27 bits per heavy atom. The van der Waals surface area contributed by atoms with Gasteiger partial charge in [-0.3, -0.25) is 24.4 Å². The van der Waals surface area contributed by atoms with Crippen LogP contribution < -0.4 is 5.32 Å². The smallest absolute Gasteiger partial charge is 0.307 e. The number of aryl methyl sites for hydroxylation is 1. The first kappa shape index (κ1) is 22.0. The van der Waals surface area contributed by atoms with Crippen molar-refractivity contribution in [3.05, 3.63) is 45.2 Å². The van der Waals surface area contributed by atoms with E-state index in [1.165, 1.54) is 11.3 Å². The molecule has 1 aliphatic carbocycles. The molecule has 1 spiro atoms. The van der Waals surface area contributed by atoms with Gasteiger partial charge in [0.25, 0.3) is 5.91 Å². The van der Waals surface area contributed by atoms with Crippen molar-refractivity contribution in [2.45, 2.75) is 70.6 Å². The van der Waals surface area contributed by atoms with E-state index in [0.717, 1.165) is 54.5 Å². The molecule has 2 aliphatic heterocycles. The van der Waals surface area contributed by atoms with E-state index in [4.69, 9.17) is 4.74 Å². The number of aromatic nitrogens is 2. The minimum atomic E-state index is -0.607. The molecule has 2 aromatic rings. The number of ether oxygens (including phenoxy) is 1. The molecule has 1 saturated heterocycles. The average molecular weight is 469 g/mol. The molecule has 0 aromatic carbocycles. The molecule has 1 saturated carbocycles. The van der Waals surface area contributed by atoms with Gasteiger partial charge in [-0.05, 0) is 55.7 Å². The lowest BCUT2D eigenvalue weighted by Gasteiger charge is -2.39. The number of carbonyl (C=O) groups is 3. The van der Waals surface area contributed by atoms with Gasteiger partial charge in [-0.1, -0.05) is 6.42 Å². The summed E-state index contributed by atoms with van der Waals surface area (Å²) in [6.07, 6.45) is 8.97. The number of rotatable bonds is 4. The molecule has 9 heteroatoms. The zero-order chi connectivity index (χ0) is 23.0. The van der Waals surface area contributed by atoms with Crippen molar-refractivity contribution in [1.29, 1.82) is 0 Å². The number of carbonyl (C=O) groups excluding carboxylic acids is 3. The van der Waals surface area contributed by atoms with E-state index in [1.807, 2.05) is 18.0 Å². The Labute approximate surface area is 196 Å². The largest absolute Gasteiger partial charge is 0.458 e. The van der Waals surface area contributed by atoms with Gasteiger partial charge in [0.2, 0.25) is 5.91 Å². The van der Waals surface area contributed by atoms with Gasteiger partial charge in [0.05, 0.1) is 24.0 Å². The fourth-order valence-electron chi connectivity index (χ4n) is 5.55. The van der Waals surface area contributed by atoms with Crippen LogP contribution in [0, 0.1) is 12.8 Å². The minimum Gasteiger partial charge on any atom is -0.458 e. The van der Waals surface area contributed by atoms with Crippen molar-refractivity contribution in [2.24, 2.45) is 5.92 Å². The number of amides is 2. The van der Waals surface area contributed by atoms with Crippen LogP contribution in [0.1, 0.15) is 70.6 Å². The summed E-state index contributed by atoms with van der Waals surface area (Å²) in [6, 6.07) is 0. The van der Waals surface area contributed by atoms with Crippen molar-refractivity contribution in [3.63, 3.8) is 0 Å². The van der Waals surface area contributed by atoms with Gasteiger partial charge < -0.3 is 15.0 Å². The third-order valence-electron chi connectivity index (χ3n) is 7.31. The summed E-state index contributed by atoms with van der Waals surface area (Å²) < 4.78 is 5.76. The molecule has 3 aliphatic rings. The molecule has 2 amide bonds. The van der Waals surface area contributed by atoms with Crippen LogP contribution in [0.25, 0.3) is 0 Å². The normalized spacial score (nSPS) is 21.5. The van der Waals surface area contributed by atoms with Gasteiger partial charge in [-0.2, -0.15) is 0 Å². The second-order valence-electron chi connectivity index (χ2n) is 9.24. The third kappa shape index (κ3) is 4.14. The van der Waals surface area contributed by atoms with E-state index < -0.39 is 5.60 Å². The molecule has 4 heterocycles. The van der Waals surface area contributed by atoms with Crippen molar-refractivity contribution >= 4 is 29.1 Å². The summed E-state index contributed by atoms with van der Waals surface area (Å²) >= 11 is 1.31. The Balaban J connectivity index is 1.32. The first-order chi connectivity index (χ1) is 16.0. The highest BCUT2D eigenvalue weighted by molar-refractivity contribution is 7.11. The Morgan fingerprint density at radius 3 is 2.85 bits per heavy atom. The summed E-state index contributed by atoms with van der Waals surface area (Å²) in [5.74, 6) is -0.757. The first-order valence-electron chi connectivity index (χ1n) is 11.6. The van der Waals surface area contributed by atoms with Crippen molar-refractivity contribution in [2.75, 3.05) is 6.54 Å². The predicted molar refractivity (Wildman–Crippen MR) is 121 cm³/mol. The minimum absolute atomic E-state index is 0.0222. The summed E-state index contributed by atoms with van der Waals surface area (Å²) in [6.45, 7) is 3.39. The SMILES string of the molecule is Cc1ncc2c(c1CNC(=O)c1cncs1)CCN(C(=O)C1CC(=O)OC13CCCCC3)C2. The summed E-state index contributed by atoms with van der Waals surface area (Å²) in [4.78, 5) is 49.0. The number of hydrogen-bond acceptors (Lipinski definition) is 7. The monoisotopic (exact) mass is 468 g/mol. The number of pyridine rings is 1. The lowest BCUT2D eigenvalue weighted by atomic mass is 9.75. The van der Waals surface area contributed by atoms with E-state index in [1.54, 1.807) is 11.7 Å². The molecule has 2 aromatic heterocycles. The van der Waals surface area contributed by atoms with Crippen LogP contribution in [0.4, 0.5) is 0 Å². The van der Waals surface area contributed by atoms with Crippen molar-refractivity contribution in [1.82, 2.24) is 20.2 Å². The van der Waals surface area contributed by atoms with Crippen LogP contribution in [-0.2, 0) is 33.8 Å². The topological polar surface area (TPSA) is 101 Å². The highest BCUT2D eigenvalue weighted by Gasteiger charge is 2.54. The second kappa shape index (κ2) is 8.85. The van der Waals surface area contributed by atoms with Gasteiger partial charge in [-0.15, -0.1) is 11.3 Å². The van der Waals surface area contributed by atoms with Gasteiger partial charge in [0.15, 0.2) is 0 Å². The zero-order valence-electron chi connectivity index (χ0n) is 18.8. The molecule has 33 heavy (non-hydrogen) atoms. The first-order valence-corrected chi connectivity index (χ1v) is 12.5. The maximum Gasteiger partial charge on any atom is 0.307 e. The molecule has 0 bridgehead atoms. The van der Waals surface area contributed by atoms with Crippen LogP contribution in [0.3, 0.4) is 0 Å². The summed E-state index contributed by atoms with van der Waals surface area (Å²) in [7, 11) is 0. The van der Waals surface area contributed by atoms with E-state index in [2.05, 4.69) is 15.3 Å². The molecule has 0 radical (unpaired) electrons. The molecule has 1 N–H and O–H groups in total. The average Bonchev–Trinajstić information content (AvgIpc) is 3.46. The fraction of sp³-hybridized carbons (Fsp3) is 0.542. The van der Waals surface area contributed by atoms with Crippen LogP contribution in [-0.4, -0.2) is 44.8 Å². The molecular weight excluding hydrogens is 440 g/mol. The maximum absolute atomic E-state index is 13.5. The quantitative estimate of drug-likeness (QED) is 0.693. The second-order valence-corrected chi connectivity index (χ2v) is 10.1. The van der Waals surface area contributed by atoms with E-state index in [-0.39, 0.29) is 30.1 Å². The maximum atomic E-state index is 13.5. The Bertz CT molecular complexity index is 1080. The molecule has 8 nitrogen and oxygen atoms in total. The lowest BCUT2D eigenvalue weighted by Crippen LogP contribution is -2.48. The lowest BCUT2D eigenvalue weighted by molar-refractivity contribution is -0.156. The number of hydrogen-bond donors (Lipinski definition) is 1. The molecule has 1 atom stereocenters. The Morgan fingerprint density at radius 2 is 2.09 bits per heavy atom. The summed E-state index contributed by atoms with van der Waals surface area (Å²) in [5, 5.41) is 2.97. The molecule has 174 valence electrons. The molecule has 1 unspecified atom stereocenters. The standard InChI is InChI=1S/C24H28N4O4S/c1-15-18(11-27-22(30)20-12-25-14-33-20)17-5-8-28(13-16(17)10-26-15)23(31)19-9-21(29)32-24(19)6-3-2-4-7-24/h10,12,14,19H,2-9,11,13H2,1H3,(H,27,30). The van der Waals surface area contributed by atoms with Crippen molar-refractivity contribution in [3.8, 4) is 0 Å². The third-order valence-corrected chi connectivity index (χ3v) is 8.08. The van der Waals surface area contributed by atoms with E-state index in [0.29, 0.717) is 30.9 Å². The predicted octanol–water partition coefficient (Wildman–Crippen LogP) is 2.93. The number of nitrogens with zero attached hydrogens (tertiary/aromatic N) is 3. The van der Waals surface area contributed by atoms with Gasteiger partial charge >= 0.3 is 5.97 Å². The van der Waals surface area contributed by atoms with Crippen molar-refractivity contribution < 1.29 is 19.1 Å². The molecular formula is C24H28N4O4S. The van der Waals surface area contributed by atoms with Crippen LogP contribution >= 0.6 is 11.3 Å². The van der Waals surface area contributed by atoms with Gasteiger partial charge in [-0.25, -0.2) is 0 Å². The number of esters is 1. The van der Waals surface area contributed by atoms with Crippen LogP contribution in [0.2, 0.25) is 0 Å². The Kier molecular flexibility index (Phi) is 5.90. The summed E-state index contributed by atoms with van der Waals surface area (Å²) in [5.41, 5.74) is 5.09. The molecule has 5 rings (SSSR count). The van der Waals surface area contributed by atoms with E-state index in [9.17, 15) is 14.4 Å². The molecule has 2 fully saturated rings. The highest BCUT2D eigenvalue weighted by atomic mass is 32.1. The van der Waals surface area contributed by atoms with Crippen LogP contribution in [0.15, 0.2) is 17.9 Å². The fourth-order valence-corrected chi connectivity index (χ4v) is 6.09. The zero-order valence-corrected chi connectivity index (χ0v) is 19.6. The number of thiazole rings is 1. The number of fused-ring (bicyclic) bond motifs is 1. The van der Waals surface area contributed by atoms with Gasteiger partial charge in [0, 0.05) is 31.5 Å². The van der Waals surface area contributed by atoms with Crippen LogP contribution in [0.5, 0.6) is 0 Å².